The molecule has 0 amide bonds. The van der Waals surface area contributed by atoms with Crippen LogP contribution in [0.4, 0.5) is 8.78 Å². The van der Waals surface area contributed by atoms with Gasteiger partial charge in [-0.3, -0.25) is 0 Å². The van der Waals surface area contributed by atoms with Crippen LogP contribution in [-0.4, -0.2) is 0 Å². The van der Waals surface area contributed by atoms with Gasteiger partial charge in [0.25, 0.3) is 0 Å². The number of nitriles is 1. The van der Waals surface area contributed by atoms with Crippen molar-refractivity contribution < 1.29 is 8.78 Å². The number of nitrogens with zero attached hydrogens (tertiary/aromatic N) is 1. The van der Waals surface area contributed by atoms with E-state index in [9.17, 15) is 8.78 Å². The van der Waals surface area contributed by atoms with Crippen molar-refractivity contribution in [3.63, 3.8) is 0 Å². The predicted molar refractivity (Wildman–Crippen MR) is 61.5 cm³/mol. The molecule has 0 aromatic heterocycles. The third-order valence-corrected chi connectivity index (χ3v) is 2.66. The second-order valence-corrected chi connectivity index (χ2v) is 3.84. The summed E-state index contributed by atoms with van der Waals surface area (Å²) in [4.78, 5) is 0. The van der Waals surface area contributed by atoms with E-state index in [4.69, 9.17) is 16.9 Å². The van der Waals surface area contributed by atoms with E-state index in [2.05, 4.69) is 0 Å². The minimum absolute atomic E-state index is 0.384. The molecule has 0 heterocycles. The Bertz CT molecular complexity index is 617. The van der Waals surface area contributed by atoms with Crippen LogP contribution in [0.25, 0.3) is 11.1 Å². The van der Waals surface area contributed by atoms with Crippen LogP contribution in [0.3, 0.4) is 0 Å². The first kappa shape index (κ1) is 11.6. The van der Waals surface area contributed by atoms with Crippen LogP contribution in [0.5, 0.6) is 0 Å². The van der Waals surface area contributed by atoms with E-state index >= 15 is 0 Å². The summed E-state index contributed by atoms with van der Waals surface area (Å²) < 4.78 is 25.9. The lowest BCUT2D eigenvalue weighted by atomic mass is 10.0. The first-order valence-electron chi connectivity index (χ1n) is 4.77. The van der Waals surface area contributed by atoms with Crippen LogP contribution in [0.1, 0.15) is 5.56 Å². The van der Waals surface area contributed by atoms with Gasteiger partial charge in [0, 0.05) is 10.6 Å². The molecule has 0 fully saturated rings. The lowest BCUT2D eigenvalue weighted by Crippen LogP contribution is -1.87. The van der Waals surface area contributed by atoms with E-state index in [1.807, 2.05) is 6.07 Å². The quantitative estimate of drug-likeness (QED) is 0.745. The van der Waals surface area contributed by atoms with Crippen molar-refractivity contribution in [2.45, 2.75) is 0 Å². The Hall–Kier alpha value is -1.92. The molecule has 2 rings (SSSR count). The molecule has 1 nitrogen and oxygen atoms in total. The zero-order valence-corrected chi connectivity index (χ0v) is 9.30. The monoisotopic (exact) mass is 249 g/mol. The highest BCUT2D eigenvalue weighted by Gasteiger charge is 2.08. The molecular formula is C13H6ClF2N. The molecule has 0 bridgehead atoms. The summed E-state index contributed by atoms with van der Waals surface area (Å²) in [6.45, 7) is 0. The van der Waals surface area contributed by atoms with Gasteiger partial charge in [-0.1, -0.05) is 17.7 Å². The highest BCUT2D eigenvalue weighted by Crippen LogP contribution is 2.29. The summed E-state index contributed by atoms with van der Waals surface area (Å²) in [5.74, 6) is -1.86. The lowest BCUT2D eigenvalue weighted by Gasteiger charge is -2.05. The summed E-state index contributed by atoms with van der Waals surface area (Å²) >= 11 is 5.95. The van der Waals surface area contributed by atoms with E-state index < -0.39 is 11.6 Å². The predicted octanol–water partition coefficient (Wildman–Crippen LogP) is 4.16. The van der Waals surface area contributed by atoms with Gasteiger partial charge >= 0.3 is 0 Å². The van der Waals surface area contributed by atoms with Gasteiger partial charge in [-0.05, 0) is 35.9 Å². The summed E-state index contributed by atoms with van der Waals surface area (Å²) in [6.07, 6.45) is 0. The van der Waals surface area contributed by atoms with Crippen molar-refractivity contribution >= 4 is 11.6 Å². The molecule has 0 unspecified atom stereocenters. The van der Waals surface area contributed by atoms with Crippen molar-refractivity contribution in [2.24, 2.45) is 0 Å². The van der Waals surface area contributed by atoms with Gasteiger partial charge in [0.15, 0.2) is 11.6 Å². The van der Waals surface area contributed by atoms with Gasteiger partial charge < -0.3 is 0 Å². The third-order valence-electron chi connectivity index (χ3n) is 2.33. The SMILES string of the molecule is N#Cc1ccc(Cl)c(-c2ccc(F)c(F)c2)c1. The molecule has 0 atom stereocenters. The molecule has 0 aliphatic rings. The van der Waals surface area contributed by atoms with Crippen LogP contribution >= 0.6 is 11.6 Å². The highest BCUT2D eigenvalue weighted by molar-refractivity contribution is 6.33. The van der Waals surface area contributed by atoms with Crippen LogP contribution in [0, 0.1) is 23.0 Å². The molecule has 0 N–H and O–H groups in total. The number of benzene rings is 2. The molecule has 84 valence electrons. The van der Waals surface area contributed by atoms with Gasteiger partial charge in [-0.25, -0.2) is 8.78 Å². The molecule has 17 heavy (non-hydrogen) atoms. The maximum atomic E-state index is 13.1. The van der Waals surface area contributed by atoms with E-state index in [0.717, 1.165) is 12.1 Å². The van der Waals surface area contributed by atoms with Gasteiger partial charge in [-0.2, -0.15) is 5.26 Å². The fourth-order valence-corrected chi connectivity index (χ4v) is 1.71. The molecule has 0 saturated heterocycles. The summed E-state index contributed by atoms with van der Waals surface area (Å²) in [5.41, 5.74) is 1.35. The van der Waals surface area contributed by atoms with Gasteiger partial charge in [-0.15, -0.1) is 0 Å². The van der Waals surface area contributed by atoms with E-state index in [1.54, 1.807) is 12.1 Å². The maximum Gasteiger partial charge on any atom is 0.159 e. The van der Waals surface area contributed by atoms with Crippen molar-refractivity contribution in [1.82, 2.24) is 0 Å². The third kappa shape index (κ3) is 2.27. The number of rotatable bonds is 1. The zero-order valence-electron chi connectivity index (χ0n) is 8.55. The Morgan fingerprint density at radius 3 is 2.41 bits per heavy atom. The summed E-state index contributed by atoms with van der Waals surface area (Å²) in [5, 5.41) is 9.16. The van der Waals surface area contributed by atoms with Crippen LogP contribution in [0.15, 0.2) is 36.4 Å². The Morgan fingerprint density at radius 2 is 1.76 bits per heavy atom. The average Bonchev–Trinajstić information content (AvgIpc) is 2.33. The fraction of sp³-hybridized carbons (Fsp3) is 0. The fourth-order valence-electron chi connectivity index (χ4n) is 1.48. The molecule has 2 aromatic carbocycles. The molecule has 0 saturated carbocycles. The van der Waals surface area contributed by atoms with E-state index in [1.165, 1.54) is 12.1 Å². The Kier molecular flexibility index (Phi) is 3.08. The first-order chi connectivity index (χ1) is 8.11. The number of halogens is 3. The molecular weight excluding hydrogens is 244 g/mol. The average molecular weight is 250 g/mol. The van der Waals surface area contributed by atoms with Gasteiger partial charge in [0.05, 0.1) is 11.6 Å². The summed E-state index contributed by atoms with van der Waals surface area (Å²) in [7, 11) is 0. The molecule has 0 aliphatic carbocycles. The largest absolute Gasteiger partial charge is 0.204 e. The molecule has 4 heteroatoms. The van der Waals surface area contributed by atoms with Crippen molar-refractivity contribution in [1.29, 1.82) is 5.26 Å². The van der Waals surface area contributed by atoms with Crippen molar-refractivity contribution in [2.75, 3.05) is 0 Å². The smallest absolute Gasteiger partial charge is 0.159 e. The second-order valence-electron chi connectivity index (χ2n) is 3.44. The Labute approximate surface area is 102 Å². The number of hydrogen-bond donors (Lipinski definition) is 0. The van der Waals surface area contributed by atoms with Crippen LogP contribution in [-0.2, 0) is 0 Å². The van der Waals surface area contributed by atoms with Gasteiger partial charge in [0.2, 0.25) is 0 Å². The second kappa shape index (κ2) is 4.52. The minimum atomic E-state index is -0.944. The van der Waals surface area contributed by atoms with Crippen molar-refractivity contribution in [3.8, 4) is 17.2 Å². The standard InChI is InChI=1S/C13H6ClF2N/c14-11-3-1-8(7-17)5-10(11)9-2-4-12(15)13(16)6-9/h1-6H. The summed E-state index contributed by atoms with van der Waals surface area (Å²) in [6, 6.07) is 10.1. The van der Waals surface area contributed by atoms with Crippen LogP contribution < -0.4 is 0 Å². The Balaban J connectivity index is 2.60. The number of hydrogen-bond acceptors (Lipinski definition) is 1. The first-order valence-corrected chi connectivity index (χ1v) is 5.14. The molecule has 2 aromatic rings. The highest BCUT2D eigenvalue weighted by atomic mass is 35.5. The van der Waals surface area contributed by atoms with Crippen molar-refractivity contribution in [3.05, 3.63) is 58.6 Å². The zero-order chi connectivity index (χ0) is 12.4. The van der Waals surface area contributed by atoms with E-state index in [0.29, 0.717) is 21.7 Å². The van der Waals surface area contributed by atoms with Gasteiger partial charge in [0.1, 0.15) is 0 Å². The minimum Gasteiger partial charge on any atom is -0.204 e. The maximum absolute atomic E-state index is 13.1. The van der Waals surface area contributed by atoms with Crippen LogP contribution in [0.2, 0.25) is 5.02 Å². The molecule has 0 aliphatic heterocycles. The molecule has 0 radical (unpaired) electrons. The molecule has 0 spiro atoms. The Morgan fingerprint density at radius 1 is 1.00 bits per heavy atom. The topological polar surface area (TPSA) is 23.8 Å². The van der Waals surface area contributed by atoms with E-state index in [-0.39, 0.29) is 0 Å². The normalized spacial score (nSPS) is 10.0. The lowest BCUT2D eigenvalue weighted by molar-refractivity contribution is 0.509.